The summed E-state index contributed by atoms with van der Waals surface area (Å²) in [7, 11) is 0. The Labute approximate surface area is 88.6 Å². The molecule has 14 heavy (non-hydrogen) atoms. The summed E-state index contributed by atoms with van der Waals surface area (Å²) in [6.45, 7) is 17.1. The zero-order chi connectivity index (χ0) is 11.0. The maximum Gasteiger partial charge on any atom is 0.155 e. The highest BCUT2D eigenvalue weighted by Crippen LogP contribution is 2.16. The largest absolute Gasteiger partial charge is 0.283 e. The SMILES string of the molecule is CC(C)(C)N1CC=[N+](C(C)(C)C)CC1. The Balaban J connectivity index is 2.65. The summed E-state index contributed by atoms with van der Waals surface area (Å²) in [5, 5.41) is 0. The van der Waals surface area contributed by atoms with Gasteiger partial charge in [-0.2, -0.15) is 0 Å². The first-order valence-corrected chi connectivity index (χ1v) is 5.56. The molecule has 0 fully saturated rings. The summed E-state index contributed by atoms with van der Waals surface area (Å²) in [6, 6.07) is 0. The molecule has 0 radical (unpaired) electrons. The van der Waals surface area contributed by atoms with Crippen molar-refractivity contribution >= 4 is 6.21 Å². The van der Waals surface area contributed by atoms with Crippen molar-refractivity contribution in [3.63, 3.8) is 0 Å². The van der Waals surface area contributed by atoms with E-state index in [2.05, 4.69) is 57.2 Å². The van der Waals surface area contributed by atoms with E-state index in [0.717, 1.165) is 13.1 Å². The van der Waals surface area contributed by atoms with E-state index in [1.165, 1.54) is 6.54 Å². The molecular weight excluding hydrogens is 172 g/mol. The van der Waals surface area contributed by atoms with E-state index in [1.54, 1.807) is 0 Å². The highest BCUT2D eigenvalue weighted by atomic mass is 15.2. The van der Waals surface area contributed by atoms with E-state index in [0.29, 0.717) is 5.54 Å². The molecule has 1 aliphatic rings. The molecule has 0 amide bonds. The molecule has 0 aliphatic carbocycles. The standard InChI is InChI=1S/C12H25N2/c1-11(2,3)13-7-9-14(10-8-13)12(4,5)6/h7H,8-10H2,1-6H3/q+1. The van der Waals surface area contributed by atoms with Crippen LogP contribution >= 0.6 is 0 Å². The lowest BCUT2D eigenvalue weighted by atomic mass is 10.0. The minimum absolute atomic E-state index is 0.282. The predicted octanol–water partition coefficient (Wildman–Crippen LogP) is 1.98. The minimum Gasteiger partial charge on any atom is -0.283 e. The van der Waals surface area contributed by atoms with Crippen LogP contribution in [0.1, 0.15) is 41.5 Å². The molecule has 2 heteroatoms. The van der Waals surface area contributed by atoms with Crippen molar-refractivity contribution in [2.75, 3.05) is 19.6 Å². The van der Waals surface area contributed by atoms with Crippen molar-refractivity contribution in [2.24, 2.45) is 0 Å². The maximum atomic E-state index is 2.52. The normalized spacial score (nSPS) is 20.9. The molecule has 0 aromatic heterocycles. The van der Waals surface area contributed by atoms with Gasteiger partial charge >= 0.3 is 0 Å². The number of rotatable bonds is 0. The fraction of sp³-hybridized carbons (Fsp3) is 0.917. The Morgan fingerprint density at radius 3 is 1.93 bits per heavy atom. The van der Waals surface area contributed by atoms with Gasteiger partial charge in [0.05, 0.1) is 13.1 Å². The van der Waals surface area contributed by atoms with Crippen LogP contribution in [0, 0.1) is 0 Å². The molecule has 0 bridgehead atoms. The van der Waals surface area contributed by atoms with Crippen molar-refractivity contribution < 1.29 is 4.58 Å². The Kier molecular flexibility index (Phi) is 3.05. The molecule has 0 aromatic rings. The average Bonchev–Trinajstić information content (AvgIpc) is 2.01. The first kappa shape index (κ1) is 11.7. The van der Waals surface area contributed by atoms with Crippen LogP contribution in [0.15, 0.2) is 0 Å². The predicted molar refractivity (Wildman–Crippen MR) is 62.3 cm³/mol. The van der Waals surface area contributed by atoms with E-state index < -0.39 is 0 Å². The molecule has 2 nitrogen and oxygen atoms in total. The van der Waals surface area contributed by atoms with E-state index in [4.69, 9.17) is 0 Å². The van der Waals surface area contributed by atoms with Crippen molar-refractivity contribution in [1.82, 2.24) is 4.90 Å². The summed E-state index contributed by atoms with van der Waals surface area (Å²) in [5.41, 5.74) is 0.588. The fourth-order valence-electron chi connectivity index (χ4n) is 1.83. The summed E-state index contributed by atoms with van der Waals surface area (Å²) in [5.74, 6) is 0. The lowest BCUT2D eigenvalue weighted by Gasteiger charge is -2.36. The van der Waals surface area contributed by atoms with Gasteiger partial charge in [-0.05, 0) is 41.5 Å². The second-order valence-electron chi connectivity index (χ2n) is 6.16. The van der Waals surface area contributed by atoms with Gasteiger partial charge in [-0.3, -0.25) is 4.90 Å². The monoisotopic (exact) mass is 197 g/mol. The average molecular weight is 197 g/mol. The van der Waals surface area contributed by atoms with Crippen LogP contribution in [0.5, 0.6) is 0 Å². The molecule has 1 heterocycles. The highest BCUT2D eigenvalue weighted by molar-refractivity contribution is 5.54. The zero-order valence-electron chi connectivity index (χ0n) is 10.6. The molecule has 1 rings (SSSR count). The van der Waals surface area contributed by atoms with E-state index >= 15 is 0 Å². The molecule has 82 valence electrons. The van der Waals surface area contributed by atoms with Crippen LogP contribution < -0.4 is 0 Å². The third kappa shape index (κ3) is 2.81. The minimum atomic E-state index is 0.282. The van der Waals surface area contributed by atoms with Crippen LogP contribution in [0.3, 0.4) is 0 Å². The molecule has 0 saturated heterocycles. The molecular formula is C12H25N2+. The van der Waals surface area contributed by atoms with Gasteiger partial charge in [-0.25, -0.2) is 4.58 Å². The fourth-order valence-corrected chi connectivity index (χ4v) is 1.83. The van der Waals surface area contributed by atoms with Crippen molar-refractivity contribution in [3.05, 3.63) is 0 Å². The second-order valence-corrected chi connectivity index (χ2v) is 6.16. The van der Waals surface area contributed by atoms with Gasteiger partial charge in [0.25, 0.3) is 0 Å². The van der Waals surface area contributed by atoms with Gasteiger partial charge in [0.2, 0.25) is 0 Å². The summed E-state index contributed by atoms with van der Waals surface area (Å²) < 4.78 is 2.45. The van der Waals surface area contributed by atoms with Crippen LogP contribution in [-0.2, 0) is 0 Å². The topological polar surface area (TPSA) is 6.25 Å². The Hall–Kier alpha value is -0.370. The summed E-state index contributed by atoms with van der Waals surface area (Å²) in [4.78, 5) is 2.52. The Bertz CT molecular complexity index is 228. The molecule has 0 aromatic carbocycles. The lowest BCUT2D eigenvalue weighted by Crippen LogP contribution is -2.52. The number of nitrogens with zero attached hydrogens (tertiary/aromatic N) is 2. The second kappa shape index (κ2) is 3.65. The van der Waals surface area contributed by atoms with Crippen molar-refractivity contribution in [3.8, 4) is 0 Å². The molecule has 0 atom stereocenters. The van der Waals surface area contributed by atoms with Gasteiger partial charge in [0, 0.05) is 5.54 Å². The third-order valence-corrected chi connectivity index (χ3v) is 2.94. The molecule has 0 spiro atoms. The smallest absolute Gasteiger partial charge is 0.155 e. The summed E-state index contributed by atoms with van der Waals surface area (Å²) >= 11 is 0. The van der Waals surface area contributed by atoms with Gasteiger partial charge in [-0.15, -0.1) is 0 Å². The van der Waals surface area contributed by atoms with Crippen LogP contribution in [0.4, 0.5) is 0 Å². The third-order valence-electron chi connectivity index (χ3n) is 2.94. The Morgan fingerprint density at radius 1 is 1.07 bits per heavy atom. The van der Waals surface area contributed by atoms with Gasteiger partial charge in [-0.1, -0.05) is 0 Å². The molecule has 0 saturated carbocycles. The highest BCUT2D eigenvalue weighted by Gasteiger charge is 2.31. The van der Waals surface area contributed by atoms with E-state index in [-0.39, 0.29) is 5.54 Å². The van der Waals surface area contributed by atoms with Gasteiger partial charge in [0.1, 0.15) is 0 Å². The number of hydrogen-bond acceptors (Lipinski definition) is 1. The van der Waals surface area contributed by atoms with Gasteiger partial charge < -0.3 is 0 Å². The van der Waals surface area contributed by atoms with Crippen molar-refractivity contribution in [1.29, 1.82) is 0 Å². The molecule has 0 N–H and O–H groups in total. The van der Waals surface area contributed by atoms with Gasteiger partial charge in [0.15, 0.2) is 18.3 Å². The first-order chi connectivity index (χ1) is 6.21. The quantitative estimate of drug-likeness (QED) is 0.538. The Morgan fingerprint density at radius 2 is 1.64 bits per heavy atom. The molecule has 0 unspecified atom stereocenters. The molecule has 1 aliphatic heterocycles. The summed E-state index contributed by atoms with van der Waals surface area (Å²) in [6.07, 6.45) is 2.34. The van der Waals surface area contributed by atoms with Crippen LogP contribution in [-0.4, -0.2) is 46.4 Å². The van der Waals surface area contributed by atoms with E-state index in [9.17, 15) is 0 Å². The van der Waals surface area contributed by atoms with Crippen LogP contribution in [0.2, 0.25) is 0 Å². The zero-order valence-corrected chi connectivity index (χ0v) is 10.6. The lowest BCUT2D eigenvalue weighted by molar-refractivity contribution is -0.598. The maximum absolute atomic E-state index is 2.52. The first-order valence-electron chi connectivity index (χ1n) is 5.56. The van der Waals surface area contributed by atoms with Crippen molar-refractivity contribution in [2.45, 2.75) is 52.6 Å². The number of hydrogen-bond donors (Lipinski definition) is 0. The van der Waals surface area contributed by atoms with E-state index in [1.807, 2.05) is 0 Å². The van der Waals surface area contributed by atoms with Crippen LogP contribution in [0.25, 0.3) is 0 Å².